The first-order valence-corrected chi connectivity index (χ1v) is 15.7. The van der Waals surface area contributed by atoms with Gasteiger partial charge in [0.05, 0.1) is 12.6 Å². The van der Waals surface area contributed by atoms with Gasteiger partial charge in [-0.15, -0.1) is 5.10 Å². The van der Waals surface area contributed by atoms with Crippen molar-refractivity contribution in [3.63, 3.8) is 0 Å². The van der Waals surface area contributed by atoms with Crippen molar-refractivity contribution < 1.29 is 9.59 Å². The van der Waals surface area contributed by atoms with Crippen molar-refractivity contribution in [3.05, 3.63) is 70.2 Å². The molecule has 0 bridgehead atoms. The summed E-state index contributed by atoms with van der Waals surface area (Å²) >= 11 is 6.35. The van der Waals surface area contributed by atoms with Gasteiger partial charge in [-0.1, -0.05) is 76.4 Å². The minimum Gasteiger partial charge on any atom is -0.384 e. The van der Waals surface area contributed by atoms with Crippen LogP contribution in [0.2, 0.25) is 5.02 Å². The number of hydrogen-bond acceptors (Lipinski definition) is 6. The number of carbonyl (C=O) groups excluding carboxylic acids is 2. The van der Waals surface area contributed by atoms with Crippen molar-refractivity contribution in [2.45, 2.75) is 84.3 Å². The molecule has 2 aromatic carbocycles. The topological polar surface area (TPSA) is 124 Å². The Labute approximate surface area is 260 Å². The number of hydrazine groups is 1. The highest BCUT2D eigenvalue weighted by atomic mass is 35.5. The van der Waals surface area contributed by atoms with Gasteiger partial charge < -0.3 is 16.0 Å². The normalized spacial score (nSPS) is 21.6. The minimum atomic E-state index is -0.608. The zero-order valence-electron chi connectivity index (χ0n) is 26.0. The predicted octanol–water partition coefficient (Wildman–Crippen LogP) is 5.56. The van der Waals surface area contributed by atoms with Crippen LogP contribution in [0.15, 0.2) is 58.6 Å². The second-order valence-corrected chi connectivity index (χ2v) is 13.1. The number of nitrogens with zero attached hydrogens (tertiary/aromatic N) is 3. The van der Waals surface area contributed by atoms with E-state index < -0.39 is 5.66 Å². The third-order valence-corrected chi connectivity index (χ3v) is 8.98. The van der Waals surface area contributed by atoms with Gasteiger partial charge in [-0.2, -0.15) is 0 Å². The average molecular weight is 608 g/mol. The molecule has 1 aliphatic carbocycles. The molecular weight excluding hydrogens is 562 g/mol. The first-order chi connectivity index (χ1) is 20.5. The maximum atomic E-state index is 14.4. The molecule has 5 N–H and O–H groups in total. The van der Waals surface area contributed by atoms with E-state index in [1.807, 2.05) is 48.5 Å². The van der Waals surface area contributed by atoms with Crippen LogP contribution in [-0.4, -0.2) is 47.5 Å². The summed E-state index contributed by atoms with van der Waals surface area (Å²) in [5.41, 5.74) is 13.4. The van der Waals surface area contributed by atoms with Crippen molar-refractivity contribution >= 4 is 35.0 Å². The van der Waals surface area contributed by atoms with Crippen molar-refractivity contribution in [2.75, 3.05) is 13.6 Å². The Kier molecular flexibility index (Phi) is 10.5. The highest BCUT2D eigenvalue weighted by Crippen LogP contribution is 2.50. The van der Waals surface area contributed by atoms with Gasteiger partial charge in [0.25, 0.3) is 11.8 Å². The summed E-state index contributed by atoms with van der Waals surface area (Å²) in [6.45, 7) is 9.18. The third-order valence-electron chi connectivity index (χ3n) is 8.74. The molecule has 2 amide bonds. The number of nitrogens with two attached hydrogens (primary N) is 1. The van der Waals surface area contributed by atoms with Crippen molar-refractivity contribution in [2.24, 2.45) is 27.2 Å². The van der Waals surface area contributed by atoms with Crippen LogP contribution in [-0.2, 0) is 4.79 Å². The molecule has 2 aromatic rings. The molecule has 2 aliphatic rings. The molecule has 1 fully saturated rings. The Morgan fingerprint density at radius 1 is 1.19 bits per heavy atom. The smallest absolute Gasteiger partial charge is 0.275 e. The largest absolute Gasteiger partial charge is 0.384 e. The molecule has 4 rings (SSSR count). The Balaban J connectivity index is 1.66. The fourth-order valence-corrected chi connectivity index (χ4v) is 6.50. The van der Waals surface area contributed by atoms with E-state index in [0.717, 1.165) is 56.1 Å². The van der Waals surface area contributed by atoms with Crippen molar-refractivity contribution in [1.82, 2.24) is 21.2 Å². The van der Waals surface area contributed by atoms with Crippen LogP contribution in [0.5, 0.6) is 0 Å². The molecule has 10 heteroatoms. The number of benzene rings is 2. The number of halogens is 1. The van der Waals surface area contributed by atoms with E-state index in [1.165, 1.54) is 0 Å². The van der Waals surface area contributed by atoms with Crippen LogP contribution in [0.4, 0.5) is 0 Å². The lowest BCUT2D eigenvalue weighted by Crippen LogP contribution is -2.51. The quantitative estimate of drug-likeness (QED) is 0.151. The maximum absolute atomic E-state index is 14.4. The number of hydrazone groups is 1. The molecule has 1 heterocycles. The molecular formula is C33H46ClN7O2. The molecule has 1 saturated carbocycles. The zero-order chi connectivity index (χ0) is 31.2. The highest BCUT2D eigenvalue weighted by Gasteiger charge is 2.52. The molecule has 1 spiro atoms. The summed E-state index contributed by atoms with van der Waals surface area (Å²) < 4.78 is 0. The number of rotatable bonds is 11. The van der Waals surface area contributed by atoms with E-state index in [0.29, 0.717) is 22.2 Å². The van der Waals surface area contributed by atoms with Gasteiger partial charge in [-0.25, -0.2) is 11.0 Å². The Morgan fingerprint density at radius 3 is 2.49 bits per heavy atom. The second kappa shape index (κ2) is 13.9. The summed E-state index contributed by atoms with van der Waals surface area (Å²) in [7, 11) is 1.67. The number of amides is 2. The molecule has 0 aromatic heterocycles. The fourth-order valence-electron chi connectivity index (χ4n) is 6.31. The van der Waals surface area contributed by atoms with E-state index in [1.54, 1.807) is 7.05 Å². The van der Waals surface area contributed by atoms with Gasteiger partial charge >= 0.3 is 0 Å². The number of aliphatic imine (C=N–C) groups is 1. The van der Waals surface area contributed by atoms with Gasteiger partial charge in [0.2, 0.25) is 0 Å². The monoisotopic (exact) mass is 607 g/mol. The zero-order valence-corrected chi connectivity index (χ0v) is 26.8. The Hall–Kier alpha value is -3.43. The molecule has 43 heavy (non-hydrogen) atoms. The number of amidine groups is 1. The standard InChI is InChI=1S/C33H46ClN7O2/c1-6-7-11-27(22-12-14-23(15-13-22)30(42)37-21-28(35)39-40-36-5)41-31(43)29(24-9-8-10-26(34)20-24)38-33(41)18-16-25(17-19-33)32(2,3)4/h8-10,12-15,20,25,27,36,40H,6-7,11,16-19,21H2,1-5H3,(H2,35,39)(H,37,42). The number of carbonyl (C=O) groups is 2. The highest BCUT2D eigenvalue weighted by molar-refractivity contribution is 6.47. The lowest BCUT2D eigenvalue weighted by molar-refractivity contribution is -0.133. The second-order valence-electron chi connectivity index (χ2n) is 12.7. The lowest BCUT2D eigenvalue weighted by atomic mass is 9.69. The minimum absolute atomic E-state index is 0.0515. The summed E-state index contributed by atoms with van der Waals surface area (Å²) in [6, 6.07) is 14.8. The number of nitrogens with one attached hydrogen (secondary N) is 3. The summed E-state index contributed by atoms with van der Waals surface area (Å²) in [5, 5.41) is 7.25. The van der Waals surface area contributed by atoms with Gasteiger partial charge in [-0.3, -0.25) is 14.6 Å². The van der Waals surface area contributed by atoms with Gasteiger partial charge in [0, 0.05) is 23.2 Å². The summed E-state index contributed by atoms with van der Waals surface area (Å²) in [6.07, 6.45) is 6.43. The average Bonchev–Trinajstić information content (AvgIpc) is 3.26. The number of hydrogen-bond donors (Lipinski definition) is 4. The van der Waals surface area contributed by atoms with Crippen LogP contribution in [0.25, 0.3) is 0 Å². The summed E-state index contributed by atoms with van der Waals surface area (Å²) in [5.74, 6) is 0.512. The van der Waals surface area contributed by atoms with Crippen molar-refractivity contribution in [1.29, 1.82) is 0 Å². The molecule has 9 nitrogen and oxygen atoms in total. The number of unbranched alkanes of at least 4 members (excludes halogenated alkanes) is 1. The van der Waals surface area contributed by atoms with Crippen LogP contribution in [0.1, 0.15) is 100 Å². The van der Waals surface area contributed by atoms with E-state index in [-0.39, 0.29) is 35.7 Å². The molecule has 232 valence electrons. The molecule has 1 unspecified atom stereocenters. The predicted molar refractivity (Wildman–Crippen MR) is 174 cm³/mol. The first kappa shape index (κ1) is 32.5. The van der Waals surface area contributed by atoms with E-state index >= 15 is 0 Å². The van der Waals surface area contributed by atoms with Crippen LogP contribution < -0.4 is 22.0 Å². The molecule has 1 aliphatic heterocycles. The first-order valence-electron chi connectivity index (χ1n) is 15.3. The molecule has 1 atom stereocenters. The van der Waals surface area contributed by atoms with E-state index in [2.05, 4.69) is 54.0 Å². The fraction of sp³-hybridized carbons (Fsp3) is 0.515. The maximum Gasteiger partial charge on any atom is 0.275 e. The van der Waals surface area contributed by atoms with Crippen LogP contribution >= 0.6 is 11.6 Å². The van der Waals surface area contributed by atoms with E-state index in [4.69, 9.17) is 22.3 Å². The Morgan fingerprint density at radius 2 is 1.88 bits per heavy atom. The van der Waals surface area contributed by atoms with Crippen LogP contribution in [0, 0.1) is 11.3 Å². The summed E-state index contributed by atoms with van der Waals surface area (Å²) in [4.78, 5) is 34.6. The van der Waals surface area contributed by atoms with Gasteiger partial charge in [0.15, 0.2) is 0 Å². The van der Waals surface area contributed by atoms with E-state index in [9.17, 15) is 9.59 Å². The third kappa shape index (κ3) is 7.57. The molecule has 0 saturated heterocycles. The SMILES string of the molecule is CCCCC(c1ccc(C(=O)NCC(N)=NNNC)cc1)N1C(=O)C(c2cccc(Cl)c2)=NC12CCC(C(C)(C)C)CC2. The van der Waals surface area contributed by atoms with Gasteiger partial charge in [0.1, 0.15) is 17.2 Å². The van der Waals surface area contributed by atoms with Crippen LogP contribution in [0.3, 0.4) is 0 Å². The lowest BCUT2D eigenvalue weighted by Gasteiger charge is -2.47. The van der Waals surface area contributed by atoms with Crippen molar-refractivity contribution in [3.8, 4) is 0 Å². The Bertz CT molecular complexity index is 1340. The molecule has 0 radical (unpaired) electrons. The van der Waals surface area contributed by atoms with Gasteiger partial charge in [-0.05, 0) is 73.3 Å².